The Kier molecular flexibility index (Phi) is 8.06. The molecular formula is C29H30N4O4S2. The maximum atomic E-state index is 13.7. The van der Waals surface area contributed by atoms with Gasteiger partial charge in [0, 0.05) is 18.7 Å². The van der Waals surface area contributed by atoms with Crippen LogP contribution in [0.5, 0.6) is 5.75 Å². The smallest absolute Gasteiger partial charge is 0.280 e. The van der Waals surface area contributed by atoms with E-state index >= 15 is 0 Å². The van der Waals surface area contributed by atoms with Gasteiger partial charge in [-0.15, -0.1) is 0 Å². The normalized spacial score (nSPS) is 14.6. The van der Waals surface area contributed by atoms with Gasteiger partial charge >= 0.3 is 0 Å². The predicted molar refractivity (Wildman–Crippen MR) is 155 cm³/mol. The third kappa shape index (κ3) is 6.03. The molecule has 0 radical (unpaired) electrons. The van der Waals surface area contributed by atoms with Gasteiger partial charge in [0.15, 0.2) is 0 Å². The van der Waals surface area contributed by atoms with Gasteiger partial charge in [-0.05, 0) is 98.5 Å². The van der Waals surface area contributed by atoms with Gasteiger partial charge in [-0.25, -0.2) is 13.4 Å². The minimum Gasteiger partial charge on any atom is -0.494 e. The van der Waals surface area contributed by atoms with E-state index in [0.29, 0.717) is 30.4 Å². The van der Waals surface area contributed by atoms with Crippen molar-refractivity contribution in [2.45, 2.75) is 38.0 Å². The SMILES string of the molecule is CCOc1ccc(/C=N/N(C(=O)c2ccc(S(=O)(=O)N3CCCCC3)cc2)c2nc3ccc(C)cc3s2)cc1. The molecule has 1 aliphatic heterocycles. The Bertz CT molecular complexity index is 1590. The number of fused-ring (bicyclic) bond motifs is 1. The third-order valence-electron chi connectivity index (χ3n) is 6.47. The second-order valence-corrected chi connectivity index (χ2v) is 12.3. The summed E-state index contributed by atoms with van der Waals surface area (Å²) in [7, 11) is -3.59. The molecule has 1 saturated heterocycles. The molecule has 0 atom stereocenters. The predicted octanol–water partition coefficient (Wildman–Crippen LogP) is 5.86. The van der Waals surface area contributed by atoms with Gasteiger partial charge in [0.05, 0.1) is 27.9 Å². The zero-order chi connectivity index (χ0) is 27.4. The van der Waals surface area contributed by atoms with E-state index in [0.717, 1.165) is 46.4 Å². The van der Waals surface area contributed by atoms with Crippen LogP contribution in [-0.2, 0) is 10.0 Å². The lowest BCUT2D eigenvalue weighted by Gasteiger charge is -2.25. The number of nitrogens with zero attached hydrogens (tertiary/aromatic N) is 4. The molecule has 0 aliphatic carbocycles. The molecule has 1 aromatic heterocycles. The van der Waals surface area contributed by atoms with Crippen molar-refractivity contribution in [3.05, 3.63) is 83.4 Å². The first-order valence-corrected chi connectivity index (χ1v) is 15.2. The minimum absolute atomic E-state index is 0.181. The first-order valence-electron chi connectivity index (χ1n) is 12.9. The number of rotatable bonds is 8. The van der Waals surface area contributed by atoms with Gasteiger partial charge in [-0.1, -0.05) is 23.8 Å². The van der Waals surface area contributed by atoms with E-state index < -0.39 is 15.9 Å². The maximum absolute atomic E-state index is 13.7. The van der Waals surface area contributed by atoms with Crippen LogP contribution in [0.15, 0.2) is 76.7 Å². The summed E-state index contributed by atoms with van der Waals surface area (Å²) in [6.45, 7) is 5.55. The summed E-state index contributed by atoms with van der Waals surface area (Å²) in [5, 5.41) is 6.21. The van der Waals surface area contributed by atoms with Crippen LogP contribution in [0.25, 0.3) is 10.2 Å². The minimum atomic E-state index is -3.59. The summed E-state index contributed by atoms with van der Waals surface area (Å²) >= 11 is 1.37. The Balaban J connectivity index is 1.46. The van der Waals surface area contributed by atoms with Gasteiger partial charge in [0.1, 0.15) is 5.75 Å². The van der Waals surface area contributed by atoms with Crippen molar-refractivity contribution in [2.24, 2.45) is 5.10 Å². The number of aryl methyl sites for hydroxylation is 1. The molecule has 8 nitrogen and oxygen atoms in total. The molecule has 4 aromatic rings. The number of aromatic nitrogens is 1. The average Bonchev–Trinajstić information content (AvgIpc) is 3.37. The molecule has 39 heavy (non-hydrogen) atoms. The molecule has 3 aromatic carbocycles. The fraction of sp³-hybridized carbons (Fsp3) is 0.276. The van der Waals surface area contributed by atoms with Gasteiger partial charge in [0.25, 0.3) is 5.91 Å². The van der Waals surface area contributed by atoms with Gasteiger partial charge < -0.3 is 4.74 Å². The molecule has 0 bridgehead atoms. The van der Waals surface area contributed by atoms with Crippen molar-refractivity contribution in [2.75, 3.05) is 24.7 Å². The van der Waals surface area contributed by atoms with E-state index in [1.54, 1.807) is 6.21 Å². The Morgan fingerprint density at radius 2 is 1.77 bits per heavy atom. The number of piperidine rings is 1. The molecule has 5 rings (SSSR count). The number of carbonyl (C=O) groups excluding carboxylic acids is 1. The first kappa shape index (κ1) is 27.0. The molecule has 1 fully saturated rings. The quantitative estimate of drug-likeness (QED) is 0.198. The van der Waals surface area contributed by atoms with Crippen molar-refractivity contribution in [1.82, 2.24) is 9.29 Å². The number of hydrogen-bond acceptors (Lipinski definition) is 7. The number of carbonyl (C=O) groups is 1. The molecule has 10 heteroatoms. The lowest BCUT2D eigenvalue weighted by Crippen LogP contribution is -2.35. The Hall–Kier alpha value is -3.60. The van der Waals surface area contributed by atoms with E-state index in [1.165, 1.54) is 44.9 Å². The van der Waals surface area contributed by atoms with Crippen molar-refractivity contribution in [3.8, 4) is 5.75 Å². The molecule has 1 amide bonds. The number of benzene rings is 3. The largest absolute Gasteiger partial charge is 0.494 e. The highest BCUT2D eigenvalue weighted by atomic mass is 32.2. The van der Waals surface area contributed by atoms with Crippen LogP contribution in [0.1, 0.15) is 47.7 Å². The van der Waals surface area contributed by atoms with Crippen molar-refractivity contribution in [1.29, 1.82) is 0 Å². The summed E-state index contributed by atoms with van der Waals surface area (Å²) in [4.78, 5) is 18.5. The molecule has 0 N–H and O–H groups in total. The second-order valence-electron chi connectivity index (χ2n) is 9.32. The van der Waals surface area contributed by atoms with E-state index in [4.69, 9.17) is 4.74 Å². The van der Waals surface area contributed by atoms with E-state index in [2.05, 4.69) is 10.1 Å². The number of anilines is 1. The Labute approximate surface area is 232 Å². The molecule has 1 aliphatic rings. The summed E-state index contributed by atoms with van der Waals surface area (Å²) < 4.78 is 34.1. The standard InChI is InChI=1S/C29H30N4O4S2/c1-3-37-24-12-8-22(9-13-24)20-30-33(29-31-26-16-7-21(2)19-27(26)38-29)28(34)23-10-14-25(15-11-23)39(35,36)32-17-5-4-6-18-32/h7-16,19-20H,3-6,17-18H2,1-2H3/b30-20+. The topological polar surface area (TPSA) is 92.2 Å². The van der Waals surface area contributed by atoms with E-state index in [1.807, 2.05) is 56.3 Å². The highest BCUT2D eigenvalue weighted by molar-refractivity contribution is 7.89. The lowest BCUT2D eigenvalue weighted by molar-refractivity contribution is 0.0987. The summed E-state index contributed by atoms with van der Waals surface area (Å²) in [6, 6.07) is 19.4. The first-order chi connectivity index (χ1) is 18.8. The number of sulfonamides is 1. The molecule has 2 heterocycles. The van der Waals surface area contributed by atoms with Crippen LogP contribution in [-0.4, -0.2) is 49.5 Å². The van der Waals surface area contributed by atoms with Crippen molar-refractivity contribution in [3.63, 3.8) is 0 Å². The zero-order valence-corrected chi connectivity index (χ0v) is 23.5. The van der Waals surface area contributed by atoms with Crippen molar-refractivity contribution >= 4 is 48.8 Å². The monoisotopic (exact) mass is 562 g/mol. The number of thiazole rings is 1. The van der Waals surface area contributed by atoms with Crippen LogP contribution in [0.3, 0.4) is 0 Å². The summed E-state index contributed by atoms with van der Waals surface area (Å²) in [5.74, 6) is 0.346. The Morgan fingerprint density at radius 1 is 1.05 bits per heavy atom. The average molecular weight is 563 g/mol. The lowest BCUT2D eigenvalue weighted by atomic mass is 10.2. The number of amides is 1. The second kappa shape index (κ2) is 11.6. The van der Waals surface area contributed by atoms with Crippen LogP contribution in [0.2, 0.25) is 0 Å². The van der Waals surface area contributed by atoms with Gasteiger partial charge in [0.2, 0.25) is 15.2 Å². The van der Waals surface area contributed by atoms with Crippen molar-refractivity contribution < 1.29 is 17.9 Å². The highest BCUT2D eigenvalue weighted by Gasteiger charge is 2.27. The van der Waals surface area contributed by atoms with Crippen LogP contribution < -0.4 is 9.75 Å². The number of ether oxygens (including phenoxy) is 1. The van der Waals surface area contributed by atoms with E-state index in [-0.39, 0.29) is 4.90 Å². The maximum Gasteiger partial charge on any atom is 0.280 e. The molecular weight excluding hydrogens is 532 g/mol. The number of hydrazone groups is 1. The van der Waals surface area contributed by atoms with Gasteiger partial charge in [-0.2, -0.15) is 14.4 Å². The third-order valence-corrected chi connectivity index (χ3v) is 9.38. The fourth-order valence-corrected chi connectivity index (χ4v) is 6.92. The molecule has 0 saturated carbocycles. The van der Waals surface area contributed by atoms with Gasteiger partial charge in [-0.3, -0.25) is 4.79 Å². The Morgan fingerprint density at radius 3 is 2.46 bits per heavy atom. The summed E-state index contributed by atoms with van der Waals surface area (Å²) in [6.07, 6.45) is 4.36. The molecule has 0 unspecified atom stereocenters. The van der Waals surface area contributed by atoms with E-state index in [9.17, 15) is 13.2 Å². The number of hydrogen-bond donors (Lipinski definition) is 0. The van der Waals surface area contributed by atoms with Crippen LogP contribution >= 0.6 is 11.3 Å². The summed E-state index contributed by atoms with van der Waals surface area (Å²) in [5.41, 5.74) is 2.97. The molecule has 0 spiro atoms. The fourth-order valence-electron chi connectivity index (χ4n) is 4.39. The highest BCUT2D eigenvalue weighted by Crippen LogP contribution is 2.31. The zero-order valence-electron chi connectivity index (χ0n) is 21.9. The van der Waals surface area contributed by atoms with Crippen LogP contribution in [0.4, 0.5) is 5.13 Å². The molecule has 202 valence electrons. The van der Waals surface area contributed by atoms with Crippen LogP contribution in [0, 0.1) is 6.92 Å².